The molecule has 2 heterocycles. The Labute approximate surface area is 175 Å². The van der Waals surface area contributed by atoms with E-state index in [0.717, 1.165) is 17.3 Å². The Morgan fingerprint density at radius 3 is 2.61 bits per heavy atom. The van der Waals surface area contributed by atoms with Gasteiger partial charge in [0.25, 0.3) is 0 Å². The average Bonchev–Trinajstić information content (AvgIpc) is 3.21. The van der Waals surface area contributed by atoms with E-state index >= 15 is 0 Å². The Bertz CT molecular complexity index is 1020. The van der Waals surface area contributed by atoms with Gasteiger partial charge in [-0.1, -0.05) is 35.9 Å². The lowest BCUT2D eigenvalue weighted by Gasteiger charge is -2.40. The van der Waals surface area contributed by atoms with E-state index in [0.29, 0.717) is 15.5 Å². The van der Waals surface area contributed by atoms with Crippen molar-refractivity contribution in [2.45, 2.75) is 22.1 Å². The highest BCUT2D eigenvalue weighted by Crippen LogP contribution is 2.42. The molecule has 1 amide bonds. The van der Waals surface area contributed by atoms with E-state index in [-0.39, 0.29) is 23.9 Å². The Kier molecular flexibility index (Phi) is 5.19. The fourth-order valence-electron chi connectivity index (χ4n) is 3.40. The van der Waals surface area contributed by atoms with Crippen molar-refractivity contribution in [2.75, 3.05) is 0 Å². The van der Waals surface area contributed by atoms with Gasteiger partial charge in [0.1, 0.15) is 11.0 Å². The van der Waals surface area contributed by atoms with E-state index in [1.165, 1.54) is 11.3 Å². The number of benzene rings is 2. The summed E-state index contributed by atoms with van der Waals surface area (Å²) in [5.41, 5.74) is 0.504. The normalized spacial score (nSPS) is 22.1. The molecule has 0 spiro atoms. The van der Waals surface area contributed by atoms with Crippen molar-refractivity contribution in [3.63, 3.8) is 0 Å². The molecule has 2 aromatic carbocycles. The van der Waals surface area contributed by atoms with Crippen molar-refractivity contribution in [3.8, 4) is 5.75 Å². The van der Waals surface area contributed by atoms with Gasteiger partial charge in [0.2, 0.25) is 5.91 Å². The van der Waals surface area contributed by atoms with Crippen LogP contribution in [0.2, 0.25) is 5.02 Å². The van der Waals surface area contributed by atoms with E-state index in [4.69, 9.17) is 11.6 Å². The van der Waals surface area contributed by atoms with Gasteiger partial charge in [-0.3, -0.25) is 9.59 Å². The van der Waals surface area contributed by atoms with Crippen LogP contribution in [0.3, 0.4) is 0 Å². The molecule has 3 aromatic rings. The Balaban J connectivity index is 1.71. The van der Waals surface area contributed by atoms with E-state index in [1.54, 1.807) is 36.4 Å². The molecule has 1 aliphatic rings. The van der Waals surface area contributed by atoms with E-state index in [2.05, 4.69) is 5.32 Å². The van der Waals surface area contributed by atoms with Crippen LogP contribution in [0.25, 0.3) is 0 Å². The van der Waals surface area contributed by atoms with Crippen LogP contribution in [0.1, 0.15) is 17.5 Å². The number of Topliss-reactive ketones (excluding diaryl/α,β-unsaturated/α-hetero) is 1. The lowest BCUT2D eigenvalue weighted by Crippen LogP contribution is -2.57. The highest BCUT2D eigenvalue weighted by Gasteiger charge is 2.47. The third-order valence-corrected chi connectivity index (χ3v) is 7.19. The maximum absolute atomic E-state index is 13.1. The van der Waals surface area contributed by atoms with Crippen LogP contribution in [0, 0.1) is 0 Å². The predicted molar refractivity (Wildman–Crippen MR) is 112 cm³/mol. The number of thiophene rings is 1. The molecule has 2 N–H and O–H groups in total. The number of carbonyl (C=O) groups is 2. The van der Waals surface area contributed by atoms with Crippen LogP contribution >= 0.6 is 34.7 Å². The second-order valence-electron chi connectivity index (χ2n) is 6.53. The van der Waals surface area contributed by atoms with Crippen molar-refractivity contribution < 1.29 is 14.7 Å². The highest BCUT2D eigenvalue weighted by atomic mass is 35.5. The zero-order valence-corrected chi connectivity index (χ0v) is 17.0. The summed E-state index contributed by atoms with van der Waals surface area (Å²) in [6.45, 7) is 0. The molecule has 0 radical (unpaired) electrons. The van der Waals surface area contributed by atoms with E-state index in [1.807, 2.05) is 29.0 Å². The summed E-state index contributed by atoms with van der Waals surface area (Å²) in [5, 5.41) is 16.5. The molecule has 1 fully saturated rings. The molecule has 7 heteroatoms. The first-order valence-corrected chi connectivity index (χ1v) is 10.8. The summed E-state index contributed by atoms with van der Waals surface area (Å²) >= 11 is 8.85. The number of halogens is 1. The van der Waals surface area contributed by atoms with E-state index < -0.39 is 10.8 Å². The number of hydrogen-bond acceptors (Lipinski definition) is 5. The molecule has 28 heavy (non-hydrogen) atoms. The zero-order chi connectivity index (χ0) is 19.7. The first kappa shape index (κ1) is 19.1. The fourth-order valence-corrected chi connectivity index (χ4v) is 5.37. The number of piperidine rings is 1. The summed E-state index contributed by atoms with van der Waals surface area (Å²) in [7, 11) is 0. The SMILES string of the molecule is O=C1C[C@@](c2ccsc2)(c2cccc(O)c2)NC(=O)[C@H]1Sc1ccccc1Cl. The van der Waals surface area contributed by atoms with E-state index in [9.17, 15) is 14.7 Å². The average molecular weight is 430 g/mol. The van der Waals surface area contributed by atoms with Crippen molar-refractivity contribution in [1.82, 2.24) is 5.32 Å². The maximum atomic E-state index is 13.1. The van der Waals surface area contributed by atoms with Crippen LogP contribution in [0.4, 0.5) is 0 Å². The summed E-state index contributed by atoms with van der Waals surface area (Å²) in [5.74, 6) is -0.458. The van der Waals surface area contributed by atoms with Gasteiger partial charge in [0.15, 0.2) is 5.78 Å². The van der Waals surface area contributed by atoms with Gasteiger partial charge in [0, 0.05) is 11.3 Å². The molecule has 1 aromatic heterocycles. The molecule has 4 rings (SSSR count). The van der Waals surface area contributed by atoms with Gasteiger partial charge in [-0.05, 0) is 52.2 Å². The highest BCUT2D eigenvalue weighted by molar-refractivity contribution is 8.01. The molecule has 2 atom stereocenters. The summed E-state index contributed by atoms with van der Waals surface area (Å²) < 4.78 is 0. The van der Waals surface area contributed by atoms with Crippen LogP contribution in [0.5, 0.6) is 5.75 Å². The minimum atomic E-state index is -0.996. The van der Waals surface area contributed by atoms with Gasteiger partial charge in [-0.25, -0.2) is 0 Å². The third kappa shape index (κ3) is 3.43. The molecule has 0 saturated carbocycles. The second kappa shape index (κ2) is 7.62. The minimum Gasteiger partial charge on any atom is -0.508 e. The summed E-state index contributed by atoms with van der Waals surface area (Å²) in [6, 6.07) is 15.7. The number of rotatable bonds is 4. The van der Waals surface area contributed by atoms with Gasteiger partial charge in [0.05, 0.1) is 10.6 Å². The number of nitrogens with one attached hydrogen (secondary N) is 1. The van der Waals surface area contributed by atoms with Gasteiger partial charge >= 0.3 is 0 Å². The lowest BCUT2D eigenvalue weighted by atomic mass is 9.77. The minimum absolute atomic E-state index is 0.0846. The van der Waals surface area contributed by atoms with Crippen LogP contribution in [-0.2, 0) is 15.1 Å². The summed E-state index contributed by atoms with van der Waals surface area (Å²) in [4.78, 5) is 26.8. The van der Waals surface area contributed by atoms with Crippen LogP contribution < -0.4 is 5.32 Å². The molecule has 0 unspecified atom stereocenters. The zero-order valence-electron chi connectivity index (χ0n) is 14.6. The first-order valence-electron chi connectivity index (χ1n) is 8.58. The number of phenolic OH excluding ortho intramolecular Hbond substituents is 1. The fraction of sp³-hybridized carbons (Fsp3) is 0.143. The number of hydrogen-bond donors (Lipinski definition) is 2. The Hall–Kier alpha value is -2.28. The quantitative estimate of drug-likeness (QED) is 0.595. The largest absolute Gasteiger partial charge is 0.508 e. The molecule has 0 bridgehead atoms. The van der Waals surface area contributed by atoms with Gasteiger partial charge in [-0.2, -0.15) is 11.3 Å². The van der Waals surface area contributed by atoms with Gasteiger partial charge < -0.3 is 10.4 Å². The topological polar surface area (TPSA) is 66.4 Å². The number of carbonyl (C=O) groups excluding carboxylic acids is 2. The molecule has 142 valence electrons. The predicted octanol–water partition coefficient (Wildman–Crippen LogP) is 4.60. The molecule has 0 aliphatic carbocycles. The number of ketones is 1. The number of thioether (sulfide) groups is 1. The third-order valence-electron chi connectivity index (χ3n) is 4.74. The first-order chi connectivity index (χ1) is 13.5. The standard InChI is InChI=1S/C21H16ClNO3S2/c22-16-6-1-2-7-18(16)28-19-17(25)11-21(23-20(19)26,14-8-9-27-12-14)13-4-3-5-15(24)10-13/h1-10,12,19,24H,11H2,(H,23,26)/t19-,21-/m0/s1. The maximum Gasteiger partial charge on any atom is 0.242 e. The molecular formula is C21H16ClNO3S2. The molecule has 1 aliphatic heterocycles. The lowest BCUT2D eigenvalue weighted by molar-refractivity contribution is -0.132. The Morgan fingerprint density at radius 1 is 1.11 bits per heavy atom. The molecule has 4 nitrogen and oxygen atoms in total. The van der Waals surface area contributed by atoms with Crippen molar-refractivity contribution in [3.05, 3.63) is 81.5 Å². The van der Waals surface area contributed by atoms with Gasteiger partial charge in [-0.15, -0.1) is 11.8 Å². The second-order valence-corrected chi connectivity index (χ2v) is 8.86. The number of amides is 1. The number of phenols is 1. The van der Waals surface area contributed by atoms with Crippen LogP contribution in [0.15, 0.2) is 70.3 Å². The number of aromatic hydroxyl groups is 1. The van der Waals surface area contributed by atoms with Crippen LogP contribution in [-0.4, -0.2) is 22.0 Å². The molecule has 1 saturated heterocycles. The van der Waals surface area contributed by atoms with Crippen molar-refractivity contribution in [2.24, 2.45) is 0 Å². The summed E-state index contributed by atoms with van der Waals surface area (Å²) in [6.07, 6.45) is 0.0983. The molecular weight excluding hydrogens is 414 g/mol. The smallest absolute Gasteiger partial charge is 0.242 e. The Morgan fingerprint density at radius 2 is 1.93 bits per heavy atom. The van der Waals surface area contributed by atoms with Crippen molar-refractivity contribution in [1.29, 1.82) is 0 Å². The van der Waals surface area contributed by atoms with Crippen molar-refractivity contribution >= 4 is 46.4 Å². The monoisotopic (exact) mass is 429 g/mol.